The van der Waals surface area contributed by atoms with E-state index in [2.05, 4.69) is 32.2 Å². The molecule has 0 spiro atoms. The molecule has 4 nitrogen and oxygen atoms in total. The number of fused-ring (bicyclic) bond motifs is 1. The number of carbonyl (C=O) groups is 1. The summed E-state index contributed by atoms with van der Waals surface area (Å²) >= 11 is 13.8. The summed E-state index contributed by atoms with van der Waals surface area (Å²) in [5.74, 6) is 0.765. The molecule has 1 amide bonds. The Balaban J connectivity index is 1.58. The molecule has 7 heteroatoms. The first-order valence-electron chi connectivity index (χ1n) is 10.1. The van der Waals surface area contributed by atoms with Gasteiger partial charge in [-0.1, -0.05) is 44.0 Å². The summed E-state index contributed by atoms with van der Waals surface area (Å²) in [6, 6.07) is 10.6. The highest BCUT2D eigenvalue weighted by molar-refractivity contribution is 7.16. The van der Waals surface area contributed by atoms with Gasteiger partial charge in [0.15, 0.2) is 5.76 Å². The number of furan rings is 1. The number of anilines is 1. The minimum absolute atomic E-state index is 0.147. The monoisotopic (exact) mass is 472 g/mol. The van der Waals surface area contributed by atoms with E-state index in [4.69, 9.17) is 27.6 Å². The molecule has 1 aliphatic carbocycles. The Hall–Kier alpha value is -2.26. The fourth-order valence-electron chi connectivity index (χ4n) is 3.99. The molecule has 2 aromatic heterocycles. The normalized spacial score (nSPS) is 15.9. The molecule has 31 heavy (non-hydrogen) atoms. The summed E-state index contributed by atoms with van der Waals surface area (Å²) in [4.78, 5) is 14.0. The van der Waals surface area contributed by atoms with Gasteiger partial charge < -0.3 is 9.73 Å². The maximum atomic E-state index is 12.8. The molecule has 1 N–H and O–H groups in total. The molecule has 3 aromatic rings. The summed E-state index contributed by atoms with van der Waals surface area (Å²) in [5, 5.41) is 14.2. The minimum atomic E-state index is -0.396. The van der Waals surface area contributed by atoms with Gasteiger partial charge in [0.1, 0.15) is 16.8 Å². The molecule has 0 unspecified atom stereocenters. The molecule has 4 rings (SSSR count). The lowest BCUT2D eigenvalue weighted by atomic mass is 9.72. The highest BCUT2D eigenvalue weighted by Gasteiger charge is 2.32. The van der Waals surface area contributed by atoms with Gasteiger partial charge in [-0.2, -0.15) is 5.26 Å². The Labute approximate surface area is 195 Å². The third-order valence-corrected chi connectivity index (χ3v) is 7.59. The van der Waals surface area contributed by atoms with Gasteiger partial charge >= 0.3 is 0 Å². The zero-order valence-electron chi connectivity index (χ0n) is 17.5. The standard InChI is InChI=1S/C24H22Cl2N2O2S/c1-24(2,3)13-4-6-15-17(12-27)23(31-21(15)10-13)28-22(29)20-9-8-19(30-20)16-11-14(25)5-7-18(16)26/h5,7-9,11,13H,4,6,10H2,1-3H3,(H,28,29)/t13-/m0/s1. The Morgan fingerprint density at radius 3 is 2.74 bits per heavy atom. The van der Waals surface area contributed by atoms with E-state index in [1.807, 2.05) is 0 Å². The Morgan fingerprint density at radius 2 is 2.03 bits per heavy atom. The first-order chi connectivity index (χ1) is 14.7. The molecule has 0 saturated carbocycles. The third-order valence-electron chi connectivity index (χ3n) is 5.85. The number of rotatable bonds is 3. The Bertz CT molecular complexity index is 1200. The molecule has 1 atom stereocenters. The summed E-state index contributed by atoms with van der Waals surface area (Å²) < 4.78 is 5.74. The van der Waals surface area contributed by atoms with E-state index in [9.17, 15) is 10.1 Å². The van der Waals surface area contributed by atoms with Gasteiger partial charge in [0, 0.05) is 15.5 Å². The molecule has 0 aliphatic heterocycles. The first kappa shape index (κ1) is 22.0. The van der Waals surface area contributed by atoms with Gasteiger partial charge in [-0.3, -0.25) is 4.79 Å². The van der Waals surface area contributed by atoms with Crippen LogP contribution in [0.15, 0.2) is 34.7 Å². The number of halogens is 2. The fraction of sp³-hybridized carbons (Fsp3) is 0.333. The van der Waals surface area contributed by atoms with Gasteiger partial charge in [-0.05, 0) is 66.5 Å². The molecule has 0 bridgehead atoms. The lowest BCUT2D eigenvalue weighted by molar-refractivity contribution is 0.0998. The lowest BCUT2D eigenvalue weighted by Crippen LogP contribution is -2.26. The van der Waals surface area contributed by atoms with Crippen molar-refractivity contribution in [2.75, 3.05) is 5.32 Å². The van der Waals surface area contributed by atoms with Crippen LogP contribution in [0, 0.1) is 22.7 Å². The molecule has 1 aliphatic rings. The number of nitriles is 1. The van der Waals surface area contributed by atoms with Crippen LogP contribution in [0.1, 0.15) is 53.8 Å². The topological polar surface area (TPSA) is 66.0 Å². The summed E-state index contributed by atoms with van der Waals surface area (Å²) in [7, 11) is 0. The quantitative estimate of drug-likeness (QED) is 0.426. The number of benzene rings is 1. The van der Waals surface area contributed by atoms with Crippen LogP contribution in [-0.2, 0) is 12.8 Å². The SMILES string of the molecule is CC(C)(C)[C@H]1CCc2c(sc(NC(=O)c3ccc(-c4cc(Cl)ccc4Cl)o3)c2C#N)C1. The van der Waals surface area contributed by atoms with Crippen molar-refractivity contribution in [2.24, 2.45) is 11.3 Å². The van der Waals surface area contributed by atoms with Crippen LogP contribution in [0.25, 0.3) is 11.3 Å². The van der Waals surface area contributed by atoms with Crippen molar-refractivity contribution in [3.05, 3.63) is 62.1 Å². The van der Waals surface area contributed by atoms with Gasteiger partial charge in [-0.15, -0.1) is 11.3 Å². The van der Waals surface area contributed by atoms with Crippen LogP contribution < -0.4 is 5.32 Å². The van der Waals surface area contributed by atoms with Crippen molar-refractivity contribution >= 4 is 45.4 Å². The molecular weight excluding hydrogens is 451 g/mol. The third kappa shape index (κ3) is 4.39. The highest BCUT2D eigenvalue weighted by atomic mass is 35.5. The van der Waals surface area contributed by atoms with E-state index in [-0.39, 0.29) is 11.2 Å². The number of nitrogens with one attached hydrogen (secondary N) is 1. The van der Waals surface area contributed by atoms with E-state index < -0.39 is 5.91 Å². The maximum absolute atomic E-state index is 12.8. The van der Waals surface area contributed by atoms with E-state index in [0.29, 0.717) is 37.9 Å². The van der Waals surface area contributed by atoms with Gasteiger partial charge in [-0.25, -0.2) is 0 Å². The molecule has 1 aromatic carbocycles. The van der Waals surface area contributed by atoms with Crippen LogP contribution >= 0.6 is 34.5 Å². The largest absolute Gasteiger partial charge is 0.451 e. The van der Waals surface area contributed by atoms with Gasteiger partial charge in [0.25, 0.3) is 5.91 Å². The average molecular weight is 473 g/mol. The highest BCUT2D eigenvalue weighted by Crippen LogP contribution is 2.44. The number of hydrogen-bond acceptors (Lipinski definition) is 4. The van der Waals surface area contributed by atoms with E-state index in [1.165, 1.54) is 16.2 Å². The molecule has 2 heterocycles. The number of amides is 1. The zero-order valence-corrected chi connectivity index (χ0v) is 19.8. The van der Waals surface area contributed by atoms with Crippen molar-refractivity contribution in [3.8, 4) is 17.4 Å². The summed E-state index contributed by atoms with van der Waals surface area (Å²) in [6.07, 6.45) is 2.86. The van der Waals surface area contributed by atoms with E-state index in [0.717, 1.165) is 24.8 Å². The second-order valence-corrected chi connectivity index (χ2v) is 10.8. The Morgan fingerprint density at radius 1 is 1.26 bits per heavy atom. The van der Waals surface area contributed by atoms with Crippen molar-refractivity contribution in [1.82, 2.24) is 0 Å². The number of hydrogen-bond donors (Lipinski definition) is 1. The van der Waals surface area contributed by atoms with Crippen molar-refractivity contribution in [1.29, 1.82) is 5.26 Å². The average Bonchev–Trinajstić information content (AvgIpc) is 3.33. The van der Waals surface area contributed by atoms with Gasteiger partial charge in [0.05, 0.1) is 10.6 Å². The van der Waals surface area contributed by atoms with Crippen molar-refractivity contribution < 1.29 is 9.21 Å². The Kier molecular flexibility index (Phi) is 5.91. The number of nitrogens with zero attached hydrogens (tertiary/aromatic N) is 1. The number of carbonyl (C=O) groups excluding carboxylic acids is 1. The molecule has 0 radical (unpaired) electrons. The van der Waals surface area contributed by atoms with Crippen LogP contribution in [-0.4, -0.2) is 5.91 Å². The smallest absolute Gasteiger partial charge is 0.292 e. The first-order valence-corrected chi connectivity index (χ1v) is 11.7. The van der Waals surface area contributed by atoms with E-state index >= 15 is 0 Å². The summed E-state index contributed by atoms with van der Waals surface area (Å²) in [6.45, 7) is 6.76. The molecule has 0 saturated heterocycles. The summed E-state index contributed by atoms with van der Waals surface area (Å²) in [5.41, 5.74) is 2.48. The lowest BCUT2D eigenvalue weighted by Gasteiger charge is -2.33. The predicted molar refractivity (Wildman–Crippen MR) is 126 cm³/mol. The molecular formula is C24H22Cl2N2O2S. The van der Waals surface area contributed by atoms with Crippen LogP contribution in [0.3, 0.4) is 0 Å². The predicted octanol–water partition coefficient (Wildman–Crippen LogP) is 7.59. The van der Waals surface area contributed by atoms with Gasteiger partial charge in [0.2, 0.25) is 0 Å². The van der Waals surface area contributed by atoms with E-state index in [1.54, 1.807) is 30.3 Å². The second kappa shape index (κ2) is 8.35. The fourth-order valence-corrected chi connectivity index (χ4v) is 5.64. The second-order valence-electron chi connectivity index (χ2n) is 8.87. The maximum Gasteiger partial charge on any atom is 0.292 e. The van der Waals surface area contributed by atoms with Crippen molar-refractivity contribution in [3.63, 3.8) is 0 Å². The van der Waals surface area contributed by atoms with Crippen LogP contribution in [0.5, 0.6) is 0 Å². The molecule has 160 valence electrons. The van der Waals surface area contributed by atoms with Crippen LogP contribution in [0.4, 0.5) is 5.00 Å². The zero-order chi connectivity index (χ0) is 22.3. The minimum Gasteiger partial charge on any atom is -0.451 e. The molecule has 0 fully saturated rings. The van der Waals surface area contributed by atoms with Crippen molar-refractivity contribution in [2.45, 2.75) is 40.0 Å². The number of thiophene rings is 1. The van der Waals surface area contributed by atoms with Crippen LogP contribution in [0.2, 0.25) is 10.0 Å².